The maximum absolute atomic E-state index is 13.4. The number of hydrogen-bond acceptors (Lipinski definition) is 6. The molecule has 0 unspecified atom stereocenters. The number of hydrogen-bond donors (Lipinski definition) is 0. The molecular formula is C23H29FN4O4S. The van der Waals surface area contributed by atoms with Gasteiger partial charge in [0.25, 0.3) is 0 Å². The summed E-state index contributed by atoms with van der Waals surface area (Å²) < 4.78 is 47.5. The van der Waals surface area contributed by atoms with Gasteiger partial charge in [-0.1, -0.05) is 5.16 Å². The van der Waals surface area contributed by atoms with Gasteiger partial charge in [0.2, 0.25) is 5.95 Å². The highest BCUT2D eigenvalue weighted by Crippen LogP contribution is 2.28. The summed E-state index contributed by atoms with van der Waals surface area (Å²) in [6, 6.07) is 8.71. The maximum atomic E-state index is 13.4. The van der Waals surface area contributed by atoms with E-state index in [4.69, 9.17) is 9.57 Å². The molecule has 0 N–H and O–H groups in total. The van der Waals surface area contributed by atoms with Gasteiger partial charge in [-0.2, -0.15) is 17.1 Å². The summed E-state index contributed by atoms with van der Waals surface area (Å²) in [5, 5.41) is 4.18. The van der Waals surface area contributed by atoms with Gasteiger partial charge in [0.05, 0.1) is 18.0 Å². The number of oxime groups is 1. The maximum Gasteiger partial charge on any atom is 0.304 e. The Hall–Kier alpha value is -2.72. The van der Waals surface area contributed by atoms with E-state index in [-0.39, 0.29) is 0 Å². The van der Waals surface area contributed by atoms with Crippen LogP contribution in [-0.2, 0) is 21.5 Å². The smallest absolute Gasteiger partial charge is 0.304 e. The Kier molecular flexibility index (Phi) is 7.44. The minimum atomic E-state index is -3.63. The molecule has 178 valence electrons. The van der Waals surface area contributed by atoms with Crippen molar-refractivity contribution in [3.05, 3.63) is 53.6 Å². The molecule has 2 heterocycles. The topological polar surface area (TPSA) is 84.3 Å². The molecule has 1 aromatic carbocycles. The summed E-state index contributed by atoms with van der Waals surface area (Å²) in [6.45, 7) is 4.20. The molecule has 0 atom stereocenters. The van der Waals surface area contributed by atoms with Gasteiger partial charge in [0.1, 0.15) is 12.4 Å². The fourth-order valence-electron chi connectivity index (χ4n) is 4.14. The van der Waals surface area contributed by atoms with Gasteiger partial charge in [0, 0.05) is 37.5 Å². The Balaban J connectivity index is 1.19. The van der Waals surface area contributed by atoms with Crippen LogP contribution in [0, 0.1) is 5.95 Å². The SMILES string of the molecule is CCO/N=C1\CCc2cc(OCCCCCN3CCN(c4ccnc(F)c4)S3(=O)=O)ccc21. The zero-order valence-electron chi connectivity index (χ0n) is 18.7. The van der Waals surface area contributed by atoms with E-state index in [1.165, 1.54) is 26.4 Å². The van der Waals surface area contributed by atoms with E-state index >= 15 is 0 Å². The van der Waals surface area contributed by atoms with Gasteiger partial charge in [-0.15, -0.1) is 0 Å². The van der Waals surface area contributed by atoms with E-state index in [0.717, 1.165) is 55.2 Å². The van der Waals surface area contributed by atoms with Crippen LogP contribution in [0.4, 0.5) is 10.1 Å². The van der Waals surface area contributed by atoms with Crippen molar-refractivity contribution in [1.29, 1.82) is 0 Å². The number of aryl methyl sites for hydroxylation is 1. The van der Waals surface area contributed by atoms with Gasteiger partial charge in [-0.3, -0.25) is 4.31 Å². The lowest BCUT2D eigenvalue weighted by Gasteiger charge is -2.20. The molecule has 0 amide bonds. The van der Waals surface area contributed by atoms with Crippen LogP contribution in [0.2, 0.25) is 0 Å². The predicted molar refractivity (Wildman–Crippen MR) is 124 cm³/mol. The first-order valence-electron chi connectivity index (χ1n) is 11.3. The Bertz CT molecular complexity index is 1110. The molecule has 10 heteroatoms. The molecule has 1 aromatic heterocycles. The van der Waals surface area contributed by atoms with Gasteiger partial charge < -0.3 is 9.57 Å². The minimum Gasteiger partial charge on any atom is -0.494 e. The van der Waals surface area contributed by atoms with Gasteiger partial charge in [-0.05, 0) is 68.9 Å². The molecule has 1 fully saturated rings. The minimum absolute atomic E-state index is 0.309. The third-order valence-electron chi connectivity index (χ3n) is 5.80. The molecule has 8 nitrogen and oxygen atoms in total. The Labute approximate surface area is 194 Å². The summed E-state index contributed by atoms with van der Waals surface area (Å²) in [7, 11) is -3.63. The van der Waals surface area contributed by atoms with Crippen molar-refractivity contribution in [2.75, 3.05) is 37.2 Å². The molecule has 1 saturated heterocycles. The van der Waals surface area contributed by atoms with Crippen LogP contribution in [0.25, 0.3) is 0 Å². The van der Waals surface area contributed by atoms with Crippen LogP contribution in [0.15, 0.2) is 41.7 Å². The van der Waals surface area contributed by atoms with Gasteiger partial charge >= 0.3 is 10.2 Å². The molecule has 4 rings (SSSR count). The number of aromatic nitrogens is 1. The quantitative estimate of drug-likeness (QED) is 0.298. The monoisotopic (exact) mass is 476 g/mol. The van der Waals surface area contributed by atoms with Crippen LogP contribution < -0.4 is 9.04 Å². The lowest BCUT2D eigenvalue weighted by Crippen LogP contribution is -2.33. The first-order valence-corrected chi connectivity index (χ1v) is 12.7. The highest BCUT2D eigenvalue weighted by molar-refractivity contribution is 7.90. The van der Waals surface area contributed by atoms with Crippen molar-refractivity contribution in [2.24, 2.45) is 5.16 Å². The lowest BCUT2D eigenvalue weighted by molar-refractivity contribution is 0.158. The number of unbranched alkanes of at least 4 members (excludes halogenated alkanes) is 2. The summed E-state index contributed by atoms with van der Waals surface area (Å²) in [5.41, 5.74) is 3.65. The number of halogens is 1. The van der Waals surface area contributed by atoms with Crippen LogP contribution >= 0.6 is 0 Å². The second-order valence-corrected chi connectivity index (χ2v) is 9.85. The molecule has 33 heavy (non-hydrogen) atoms. The van der Waals surface area contributed by atoms with Crippen molar-refractivity contribution in [3.8, 4) is 5.75 Å². The van der Waals surface area contributed by atoms with Crippen LogP contribution in [0.3, 0.4) is 0 Å². The number of pyridine rings is 1. The number of rotatable bonds is 10. The molecule has 1 aliphatic carbocycles. The number of fused-ring (bicyclic) bond motifs is 1. The Morgan fingerprint density at radius 2 is 2.00 bits per heavy atom. The van der Waals surface area contributed by atoms with Crippen LogP contribution in [0.5, 0.6) is 5.75 Å². The fraction of sp³-hybridized carbons (Fsp3) is 0.478. The van der Waals surface area contributed by atoms with E-state index in [0.29, 0.717) is 38.5 Å². The second kappa shape index (κ2) is 10.5. The fourth-order valence-corrected chi connectivity index (χ4v) is 5.78. The highest BCUT2D eigenvalue weighted by Gasteiger charge is 2.36. The van der Waals surface area contributed by atoms with Gasteiger partial charge in [0.15, 0.2) is 0 Å². The molecule has 2 aliphatic rings. The van der Waals surface area contributed by atoms with E-state index in [2.05, 4.69) is 16.2 Å². The number of anilines is 1. The van der Waals surface area contributed by atoms with Crippen molar-refractivity contribution in [1.82, 2.24) is 9.29 Å². The van der Waals surface area contributed by atoms with Crippen LogP contribution in [0.1, 0.15) is 43.7 Å². The van der Waals surface area contributed by atoms with E-state index in [9.17, 15) is 12.8 Å². The molecule has 1 aliphatic heterocycles. The lowest BCUT2D eigenvalue weighted by atomic mass is 10.1. The van der Waals surface area contributed by atoms with Crippen molar-refractivity contribution in [3.63, 3.8) is 0 Å². The third kappa shape index (κ3) is 5.44. The number of benzene rings is 1. The number of nitrogens with zero attached hydrogens (tertiary/aromatic N) is 4. The largest absolute Gasteiger partial charge is 0.494 e. The van der Waals surface area contributed by atoms with E-state index < -0.39 is 16.2 Å². The summed E-state index contributed by atoms with van der Waals surface area (Å²) in [4.78, 5) is 8.67. The second-order valence-electron chi connectivity index (χ2n) is 8.00. The number of ether oxygens (including phenoxy) is 1. The summed E-state index contributed by atoms with van der Waals surface area (Å²) in [6.07, 6.45) is 5.52. The average Bonchev–Trinajstić information content (AvgIpc) is 3.34. The summed E-state index contributed by atoms with van der Waals surface area (Å²) >= 11 is 0. The molecule has 0 bridgehead atoms. The van der Waals surface area contributed by atoms with Crippen molar-refractivity contribution < 1.29 is 22.4 Å². The first kappa shape index (κ1) is 23.4. The molecular weight excluding hydrogens is 447 g/mol. The van der Waals surface area contributed by atoms with E-state index in [1.807, 2.05) is 19.1 Å². The highest BCUT2D eigenvalue weighted by atomic mass is 32.2. The molecule has 0 saturated carbocycles. The summed E-state index contributed by atoms with van der Waals surface area (Å²) in [5.74, 6) is 0.150. The van der Waals surface area contributed by atoms with Crippen molar-refractivity contribution in [2.45, 2.75) is 39.0 Å². The zero-order valence-corrected chi connectivity index (χ0v) is 19.6. The average molecular weight is 477 g/mol. The predicted octanol–water partition coefficient (Wildman–Crippen LogP) is 3.52. The Morgan fingerprint density at radius 3 is 2.82 bits per heavy atom. The van der Waals surface area contributed by atoms with Crippen molar-refractivity contribution >= 4 is 21.6 Å². The van der Waals surface area contributed by atoms with Gasteiger partial charge in [-0.25, -0.2) is 4.98 Å². The standard InChI is InChI=1S/C23H29FN4O4S/c1-2-32-26-22-9-6-18-16-20(7-8-21(18)22)31-15-5-3-4-12-27-13-14-28(33(27,29)30)19-10-11-25-23(24)17-19/h7-8,10-11,16-17H,2-6,9,12-15H2,1H3/b26-22+. The molecule has 2 aromatic rings. The first-order chi connectivity index (χ1) is 16.0. The third-order valence-corrected chi connectivity index (χ3v) is 7.77. The normalized spacial score (nSPS) is 18.6. The van der Waals surface area contributed by atoms with Crippen LogP contribution in [-0.4, -0.2) is 56.3 Å². The molecule has 0 radical (unpaired) electrons. The molecule has 0 spiro atoms. The Morgan fingerprint density at radius 1 is 1.12 bits per heavy atom. The zero-order chi connectivity index (χ0) is 23.3. The van der Waals surface area contributed by atoms with E-state index in [1.54, 1.807) is 0 Å².